The third-order valence-electron chi connectivity index (χ3n) is 4.87. The van der Waals surface area contributed by atoms with Crippen LogP contribution >= 0.6 is 35.2 Å². The van der Waals surface area contributed by atoms with Crippen LogP contribution in [0.1, 0.15) is 36.4 Å². The molecule has 0 bridgehead atoms. The molecule has 7 nitrogen and oxygen atoms in total. The van der Waals surface area contributed by atoms with Gasteiger partial charge in [-0.15, -0.1) is 11.3 Å². The number of carbonyl (C=O) groups is 3. The van der Waals surface area contributed by atoms with E-state index in [1.54, 1.807) is 4.90 Å². The van der Waals surface area contributed by atoms with E-state index in [9.17, 15) is 14.4 Å². The first kappa shape index (κ1) is 23.4. The smallest absolute Gasteiger partial charge is 0.308 e. The maximum Gasteiger partial charge on any atom is 0.308 e. The first-order valence-corrected chi connectivity index (χ1v) is 11.6. The molecule has 1 aliphatic heterocycles. The maximum absolute atomic E-state index is 12.8. The highest BCUT2D eigenvalue weighted by Gasteiger charge is 2.34. The van der Waals surface area contributed by atoms with Crippen molar-refractivity contribution in [3.05, 3.63) is 34.2 Å². The van der Waals surface area contributed by atoms with Crippen molar-refractivity contribution in [2.45, 2.75) is 32.7 Å². The van der Waals surface area contributed by atoms with Crippen LogP contribution in [0, 0.1) is 5.92 Å². The Morgan fingerprint density at radius 3 is 2.84 bits per heavy atom. The molecule has 0 radical (unpaired) electrons. The predicted molar refractivity (Wildman–Crippen MR) is 125 cm³/mol. The van der Waals surface area contributed by atoms with Gasteiger partial charge >= 0.3 is 5.97 Å². The minimum Gasteiger partial charge on any atom is -0.466 e. The van der Waals surface area contributed by atoms with Gasteiger partial charge in [-0.25, -0.2) is 0 Å². The number of hydrogen-bond acceptors (Lipinski definition) is 6. The lowest BCUT2D eigenvalue weighted by Gasteiger charge is -2.36. The van der Waals surface area contributed by atoms with Gasteiger partial charge in [-0.2, -0.15) is 0 Å². The fraction of sp³-hybridized carbons (Fsp3) is 0.429. The van der Waals surface area contributed by atoms with Gasteiger partial charge in [0.15, 0.2) is 5.11 Å². The summed E-state index contributed by atoms with van der Waals surface area (Å²) in [5, 5.41) is 6.63. The Hall–Kier alpha value is -2.23. The lowest BCUT2D eigenvalue weighted by Crippen LogP contribution is -2.60. The summed E-state index contributed by atoms with van der Waals surface area (Å²) in [5.41, 5.74) is 0. The van der Waals surface area contributed by atoms with Gasteiger partial charge in [0, 0.05) is 23.2 Å². The molecule has 1 unspecified atom stereocenters. The summed E-state index contributed by atoms with van der Waals surface area (Å²) in [4.78, 5) is 39.3. The average Bonchev–Trinajstić information content (AvgIpc) is 3.06. The highest BCUT2D eigenvalue weighted by molar-refractivity contribution is 7.80. The third kappa shape index (κ3) is 5.72. The molecule has 2 N–H and O–H groups in total. The van der Waals surface area contributed by atoms with E-state index < -0.39 is 17.9 Å². The van der Waals surface area contributed by atoms with E-state index in [1.165, 1.54) is 11.3 Å². The minimum absolute atomic E-state index is 0.0772. The number of benzene rings is 1. The lowest BCUT2D eigenvalue weighted by atomic mass is 10.1. The zero-order valence-corrected chi connectivity index (χ0v) is 19.7. The molecule has 0 aliphatic carbocycles. The van der Waals surface area contributed by atoms with Crippen molar-refractivity contribution in [3.8, 4) is 0 Å². The number of fused-ring (bicyclic) bond motifs is 1. The fourth-order valence-corrected chi connectivity index (χ4v) is 4.90. The number of nitrogens with zero attached hydrogens (tertiary/aromatic N) is 1. The van der Waals surface area contributed by atoms with Crippen LogP contribution in [0.25, 0.3) is 10.1 Å². The Labute approximate surface area is 195 Å². The number of amides is 2. The van der Waals surface area contributed by atoms with Crippen LogP contribution in [0.5, 0.6) is 0 Å². The Kier molecular flexibility index (Phi) is 7.85. The molecule has 1 aliphatic rings. The van der Waals surface area contributed by atoms with E-state index in [0.717, 1.165) is 16.5 Å². The van der Waals surface area contributed by atoms with Crippen LogP contribution in [0.3, 0.4) is 0 Å². The Bertz CT molecular complexity index is 1010. The molecular formula is C21H24ClN3O4S2. The molecule has 1 saturated heterocycles. The van der Waals surface area contributed by atoms with E-state index in [0.29, 0.717) is 35.5 Å². The first-order chi connectivity index (χ1) is 14.8. The molecule has 1 aromatic heterocycles. The number of piperazine rings is 1. The zero-order chi connectivity index (χ0) is 22.5. The van der Waals surface area contributed by atoms with Gasteiger partial charge in [0.05, 0.1) is 18.1 Å². The number of ether oxygens (including phenoxy) is 1. The second kappa shape index (κ2) is 10.4. The molecule has 2 heterocycles. The number of halogens is 1. The Morgan fingerprint density at radius 1 is 1.39 bits per heavy atom. The van der Waals surface area contributed by atoms with Crippen molar-refractivity contribution in [1.82, 2.24) is 15.5 Å². The van der Waals surface area contributed by atoms with Gasteiger partial charge in [-0.05, 0) is 30.6 Å². The number of thiocarbonyl (C=S) groups is 1. The number of rotatable bonds is 6. The highest BCUT2D eigenvalue weighted by atomic mass is 35.5. The van der Waals surface area contributed by atoms with Crippen LogP contribution in [0.4, 0.5) is 0 Å². The second-order valence-electron chi connectivity index (χ2n) is 7.61. The van der Waals surface area contributed by atoms with Gasteiger partial charge in [0.2, 0.25) is 5.91 Å². The van der Waals surface area contributed by atoms with Crippen LogP contribution in [0.2, 0.25) is 5.02 Å². The Morgan fingerprint density at radius 2 is 2.13 bits per heavy atom. The summed E-state index contributed by atoms with van der Waals surface area (Å²) in [6, 6.07) is 6.62. The van der Waals surface area contributed by atoms with Crippen LogP contribution in [-0.2, 0) is 14.3 Å². The number of thiophene rings is 1. The van der Waals surface area contributed by atoms with Crippen LogP contribution in [-0.4, -0.2) is 53.5 Å². The van der Waals surface area contributed by atoms with Gasteiger partial charge in [-0.1, -0.05) is 43.6 Å². The summed E-state index contributed by atoms with van der Waals surface area (Å²) >= 11 is 13.1. The largest absolute Gasteiger partial charge is 0.466 e. The van der Waals surface area contributed by atoms with Gasteiger partial charge < -0.3 is 15.0 Å². The van der Waals surface area contributed by atoms with E-state index in [2.05, 4.69) is 10.6 Å². The summed E-state index contributed by atoms with van der Waals surface area (Å²) in [5.74, 6) is -0.843. The number of nitrogens with one attached hydrogen (secondary N) is 2. The number of carbonyl (C=O) groups excluding carboxylic acids is 3. The topological polar surface area (TPSA) is 87.7 Å². The van der Waals surface area contributed by atoms with Gasteiger partial charge in [-0.3, -0.25) is 19.7 Å². The highest BCUT2D eigenvalue weighted by Crippen LogP contribution is 2.35. The summed E-state index contributed by atoms with van der Waals surface area (Å²) in [6.07, 6.45) is 0.598. The fourth-order valence-electron chi connectivity index (χ4n) is 3.17. The minimum atomic E-state index is -0.842. The molecule has 10 heteroatoms. The molecular weight excluding hydrogens is 458 g/mol. The molecule has 0 spiro atoms. The molecule has 1 fully saturated rings. The zero-order valence-electron chi connectivity index (χ0n) is 17.3. The van der Waals surface area contributed by atoms with Gasteiger partial charge in [0.25, 0.3) is 5.91 Å². The van der Waals surface area contributed by atoms with Crippen molar-refractivity contribution in [2.24, 2.45) is 5.92 Å². The molecule has 2 aromatic rings. The van der Waals surface area contributed by atoms with Crippen molar-refractivity contribution in [1.29, 1.82) is 0 Å². The van der Waals surface area contributed by atoms with Crippen LogP contribution in [0.15, 0.2) is 24.3 Å². The normalized spacial score (nSPS) is 16.3. The third-order valence-corrected chi connectivity index (χ3v) is 6.88. The van der Waals surface area contributed by atoms with Crippen molar-refractivity contribution in [2.75, 3.05) is 19.7 Å². The van der Waals surface area contributed by atoms with E-state index in [-0.39, 0.29) is 17.4 Å². The maximum atomic E-state index is 12.8. The SMILES string of the molecule is CC(C)CCOC(=O)CC1C(=O)NCCN1C(=S)NC(=O)c1sc2ccccc2c1Cl. The number of esters is 1. The molecule has 3 rings (SSSR count). The standard InChI is InChI=1S/C21H24ClN3O4S2/c1-12(2)7-10-29-16(26)11-14-19(27)23-8-9-25(14)21(30)24-20(28)18-17(22)13-5-3-4-6-15(13)31-18/h3-6,12,14H,7-11H2,1-2H3,(H,23,27)(H,24,28,30). The molecule has 1 aromatic carbocycles. The quantitative estimate of drug-likeness (QED) is 0.486. The van der Waals surface area contributed by atoms with Crippen molar-refractivity contribution >= 4 is 68.1 Å². The van der Waals surface area contributed by atoms with Crippen molar-refractivity contribution < 1.29 is 19.1 Å². The average molecular weight is 482 g/mol. The summed E-state index contributed by atoms with van der Waals surface area (Å²) in [6.45, 7) is 5.10. The van der Waals surface area contributed by atoms with E-state index in [4.69, 9.17) is 28.6 Å². The molecule has 166 valence electrons. The molecule has 1 atom stereocenters. The van der Waals surface area contributed by atoms with E-state index in [1.807, 2.05) is 38.1 Å². The molecule has 2 amide bonds. The van der Waals surface area contributed by atoms with Gasteiger partial charge in [0.1, 0.15) is 10.9 Å². The van der Waals surface area contributed by atoms with E-state index >= 15 is 0 Å². The predicted octanol–water partition coefficient (Wildman–Crippen LogP) is 3.35. The van der Waals surface area contributed by atoms with Crippen molar-refractivity contribution in [3.63, 3.8) is 0 Å². The molecule has 31 heavy (non-hydrogen) atoms. The first-order valence-electron chi connectivity index (χ1n) is 10.00. The monoisotopic (exact) mass is 481 g/mol. The number of hydrogen-bond donors (Lipinski definition) is 2. The lowest BCUT2D eigenvalue weighted by molar-refractivity contribution is -0.147. The second-order valence-corrected chi connectivity index (χ2v) is 9.42. The molecule has 0 saturated carbocycles. The van der Waals surface area contributed by atoms with Crippen LogP contribution < -0.4 is 10.6 Å². The Balaban J connectivity index is 1.67. The summed E-state index contributed by atoms with van der Waals surface area (Å²) in [7, 11) is 0. The summed E-state index contributed by atoms with van der Waals surface area (Å²) < 4.78 is 6.13.